The highest BCUT2D eigenvalue weighted by Gasteiger charge is 2.42. The van der Waals surface area contributed by atoms with E-state index in [0.717, 1.165) is 10.4 Å². The summed E-state index contributed by atoms with van der Waals surface area (Å²) in [7, 11) is 0. The molecule has 2 fully saturated rings. The van der Waals surface area contributed by atoms with Crippen molar-refractivity contribution in [3.8, 4) is 0 Å². The van der Waals surface area contributed by atoms with Crippen molar-refractivity contribution < 1.29 is 14.4 Å². The first-order chi connectivity index (χ1) is 14.6. The third-order valence-corrected chi connectivity index (χ3v) is 6.67. The molecule has 158 valence electrons. The lowest BCUT2D eigenvalue weighted by atomic mass is 10.0. The number of hydrogen-bond donors (Lipinski definition) is 3. The molecule has 4 rings (SSSR count). The first-order valence-electron chi connectivity index (χ1n) is 10.2. The number of rotatable bonds is 5. The summed E-state index contributed by atoms with van der Waals surface area (Å²) >= 11 is 1.61. The van der Waals surface area contributed by atoms with Crippen molar-refractivity contribution in [2.75, 3.05) is 13.1 Å². The second-order valence-corrected chi connectivity index (χ2v) is 8.96. The van der Waals surface area contributed by atoms with E-state index in [1.165, 1.54) is 0 Å². The predicted octanol–water partition coefficient (Wildman–Crippen LogP) is 2.10. The minimum absolute atomic E-state index is 0.0193. The number of carbonyl (C=O) groups is 3. The molecule has 1 aromatic heterocycles. The molecule has 8 heteroatoms. The van der Waals surface area contributed by atoms with Gasteiger partial charge < -0.3 is 20.9 Å². The number of urea groups is 1. The number of thiophene rings is 1. The van der Waals surface area contributed by atoms with Crippen molar-refractivity contribution in [3.05, 3.63) is 58.3 Å². The molecule has 2 heterocycles. The molecule has 0 spiro atoms. The molecule has 3 N–H and O–H groups in total. The molecule has 1 saturated carbocycles. The molecule has 0 radical (unpaired) electrons. The van der Waals surface area contributed by atoms with Crippen LogP contribution in [-0.2, 0) is 22.7 Å². The number of amides is 4. The first-order valence-corrected chi connectivity index (χ1v) is 11.1. The zero-order valence-electron chi connectivity index (χ0n) is 16.7. The van der Waals surface area contributed by atoms with Gasteiger partial charge in [-0.05, 0) is 35.8 Å². The molecule has 3 unspecified atom stereocenters. The van der Waals surface area contributed by atoms with Crippen LogP contribution in [0.25, 0.3) is 0 Å². The van der Waals surface area contributed by atoms with Gasteiger partial charge in [0.2, 0.25) is 11.8 Å². The zero-order valence-corrected chi connectivity index (χ0v) is 17.5. The van der Waals surface area contributed by atoms with Crippen molar-refractivity contribution in [2.45, 2.75) is 32.0 Å². The average molecular weight is 427 g/mol. The molecule has 30 heavy (non-hydrogen) atoms. The highest BCUT2D eigenvalue weighted by molar-refractivity contribution is 7.09. The lowest BCUT2D eigenvalue weighted by Gasteiger charge is -2.23. The second-order valence-electron chi connectivity index (χ2n) is 7.92. The van der Waals surface area contributed by atoms with Gasteiger partial charge in [0.25, 0.3) is 0 Å². The monoisotopic (exact) mass is 426 g/mol. The first kappa shape index (κ1) is 20.4. The maximum Gasteiger partial charge on any atom is 0.318 e. The smallest absolute Gasteiger partial charge is 0.318 e. The number of nitrogens with zero attached hydrogens (tertiary/aromatic N) is 1. The molecular weight excluding hydrogens is 400 g/mol. The maximum atomic E-state index is 12.7. The van der Waals surface area contributed by atoms with Crippen LogP contribution in [0.2, 0.25) is 0 Å². The molecule has 2 aliphatic rings. The van der Waals surface area contributed by atoms with E-state index >= 15 is 0 Å². The third-order valence-electron chi connectivity index (χ3n) is 5.79. The lowest BCUT2D eigenvalue weighted by molar-refractivity contribution is -0.125. The van der Waals surface area contributed by atoms with Gasteiger partial charge in [0.15, 0.2) is 0 Å². The van der Waals surface area contributed by atoms with Crippen LogP contribution >= 0.6 is 11.3 Å². The SMILES string of the molecule is O=C1CN(C(=O)NCc2ccccc2)CC2CC(C(=O)NCc3cccs3)CC2N1. The Kier molecular flexibility index (Phi) is 6.32. The summed E-state index contributed by atoms with van der Waals surface area (Å²) < 4.78 is 0. The molecule has 1 aliphatic carbocycles. The van der Waals surface area contributed by atoms with E-state index in [2.05, 4.69) is 16.0 Å². The van der Waals surface area contributed by atoms with E-state index in [-0.39, 0.29) is 42.3 Å². The van der Waals surface area contributed by atoms with E-state index in [1.807, 2.05) is 47.8 Å². The molecule has 1 aliphatic heterocycles. The highest BCUT2D eigenvalue weighted by atomic mass is 32.1. The van der Waals surface area contributed by atoms with Crippen molar-refractivity contribution in [2.24, 2.45) is 11.8 Å². The van der Waals surface area contributed by atoms with Gasteiger partial charge in [-0.1, -0.05) is 36.4 Å². The summed E-state index contributed by atoms with van der Waals surface area (Å²) in [6.07, 6.45) is 1.29. The fourth-order valence-electron chi connectivity index (χ4n) is 4.26. The topological polar surface area (TPSA) is 90.5 Å². The fraction of sp³-hybridized carbons (Fsp3) is 0.409. The fourth-order valence-corrected chi connectivity index (χ4v) is 4.91. The highest BCUT2D eigenvalue weighted by Crippen LogP contribution is 2.33. The summed E-state index contributed by atoms with van der Waals surface area (Å²) in [6, 6.07) is 13.3. The van der Waals surface area contributed by atoms with Crippen LogP contribution in [0, 0.1) is 11.8 Å². The van der Waals surface area contributed by atoms with Crippen LogP contribution in [-0.4, -0.2) is 41.9 Å². The van der Waals surface area contributed by atoms with Crippen LogP contribution < -0.4 is 16.0 Å². The second kappa shape index (κ2) is 9.30. The van der Waals surface area contributed by atoms with Crippen molar-refractivity contribution in [3.63, 3.8) is 0 Å². The largest absolute Gasteiger partial charge is 0.351 e. The summed E-state index contributed by atoms with van der Waals surface area (Å²) in [5.41, 5.74) is 1.01. The van der Waals surface area contributed by atoms with Gasteiger partial charge in [0, 0.05) is 29.9 Å². The Morgan fingerprint density at radius 1 is 1.07 bits per heavy atom. The maximum absolute atomic E-state index is 12.7. The molecule has 0 bridgehead atoms. The molecular formula is C22H26N4O3S. The minimum Gasteiger partial charge on any atom is -0.351 e. The van der Waals surface area contributed by atoms with E-state index in [0.29, 0.717) is 32.5 Å². The predicted molar refractivity (Wildman–Crippen MR) is 115 cm³/mol. The molecule has 1 saturated heterocycles. The normalized spacial score (nSPS) is 23.3. The number of nitrogens with one attached hydrogen (secondary N) is 3. The van der Waals surface area contributed by atoms with E-state index < -0.39 is 0 Å². The molecule has 4 amide bonds. The van der Waals surface area contributed by atoms with Crippen molar-refractivity contribution >= 4 is 29.2 Å². The van der Waals surface area contributed by atoms with Crippen LogP contribution in [0.4, 0.5) is 4.79 Å². The molecule has 2 aromatic rings. The Hall–Kier alpha value is -2.87. The van der Waals surface area contributed by atoms with Crippen LogP contribution in [0.15, 0.2) is 47.8 Å². The Morgan fingerprint density at radius 3 is 2.67 bits per heavy atom. The number of carbonyl (C=O) groups excluding carboxylic acids is 3. The quantitative estimate of drug-likeness (QED) is 0.684. The summed E-state index contributed by atoms with van der Waals surface area (Å²) in [5.74, 6) is -0.216. The van der Waals surface area contributed by atoms with Gasteiger partial charge in [-0.2, -0.15) is 0 Å². The van der Waals surface area contributed by atoms with Crippen LogP contribution in [0.5, 0.6) is 0 Å². The number of benzene rings is 1. The summed E-state index contributed by atoms with van der Waals surface area (Å²) in [4.78, 5) is 40.3. The van der Waals surface area contributed by atoms with Gasteiger partial charge in [-0.3, -0.25) is 9.59 Å². The third kappa shape index (κ3) is 4.99. The van der Waals surface area contributed by atoms with E-state index in [4.69, 9.17) is 0 Å². The Balaban J connectivity index is 1.32. The van der Waals surface area contributed by atoms with Gasteiger partial charge in [-0.15, -0.1) is 11.3 Å². The average Bonchev–Trinajstić information content (AvgIpc) is 3.38. The van der Waals surface area contributed by atoms with Gasteiger partial charge in [-0.25, -0.2) is 4.79 Å². The van der Waals surface area contributed by atoms with Crippen molar-refractivity contribution in [1.82, 2.24) is 20.9 Å². The minimum atomic E-state index is -0.250. The summed E-state index contributed by atoms with van der Waals surface area (Å²) in [5, 5.41) is 10.9. The van der Waals surface area contributed by atoms with E-state index in [1.54, 1.807) is 16.2 Å². The molecule has 3 atom stereocenters. The number of fused-ring (bicyclic) bond motifs is 1. The van der Waals surface area contributed by atoms with Crippen LogP contribution in [0.3, 0.4) is 0 Å². The molecule has 1 aromatic carbocycles. The van der Waals surface area contributed by atoms with Gasteiger partial charge >= 0.3 is 6.03 Å². The van der Waals surface area contributed by atoms with Gasteiger partial charge in [0.1, 0.15) is 6.54 Å². The Bertz CT molecular complexity index is 887. The van der Waals surface area contributed by atoms with Crippen LogP contribution in [0.1, 0.15) is 23.3 Å². The number of hydrogen-bond acceptors (Lipinski definition) is 4. The zero-order chi connectivity index (χ0) is 20.9. The Labute approximate surface area is 179 Å². The standard InChI is InChI=1S/C22H26N4O3S/c27-20-14-26(22(29)24-11-15-5-2-1-3-6-15)13-17-9-16(10-19(17)25-20)21(28)23-12-18-7-4-8-30-18/h1-8,16-17,19H,9-14H2,(H,23,28)(H,24,29)(H,25,27). The Morgan fingerprint density at radius 2 is 1.90 bits per heavy atom. The van der Waals surface area contributed by atoms with Gasteiger partial charge in [0.05, 0.1) is 6.54 Å². The van der Waals surface area contributed by atoms with E-state index in [9.17, 15) is 14.4 Å². The molecule has 7 nitrogen and oxygen atoms in total. The summed E-state index contributed by atoms with van der Waals surface area (Å²) in [6.45, 7) is 1.46. The van der Waals surface area contributed by atoms with Crippen molar-refractivity contribution in [1.29, 1.82) is 0 Å². The lowest BCUT2D eigenvalue weighted by Crippen LogP contribution is -2.44.